The summed E-state index contributed by atoms with van der Waals surface area (Å²) in [6.07, 6.45) is 3.63. The summed E-state index contributed by atoms with van der Waals surface area (Å²) in [5.74, 6) is 0.230. The van der Waals surface area contributed by atoms with Crippen molar-refractivity contribution < 1.29 is 14.3 Å². The lowest BCUT2D eigenvalue weighted by Crippen LogP contribution is -1.97. The van der Waals surface area contributed by atoms with Gasteiger partial charge in [-0.2, -0.15) is 0 Å². The van der Waals surface area contributed by atoms with Crippen LogP contribution in [0.15, 0.2) is 41.1 Å². The molecule has 6 nitrogen and oxygen atoms in total. The smallest absolute Gasteiger partial charge is 0.356 e. The SMILES string of the molecule is Nc1ccc2c(C(=O)O)nc(Cc3ccco3)n2c1. The van der Waals surface area contributed by atoms with Crippen LogP contribution in [-0.4, -0.2) is 20.5 Å². The minimum absolute atomic E-state index is 0.0153. The van der Waals surface area contributed by atoms with E-state index in [4.69, 9.17) is 15.3 Å². The third-order valence-corrected chi connectivity index (χ3v) is 2.85. The molecule has 0 aromatic carbocycles. The van der Waals surface area contributed by atoms with Crippen LogP contribution in [-0.2, 0) is 6.42 Å². The van der Waals surface area contributed by atoms with Crippen LogP contribution in [0.25, 0.3) is 5.52 Å². The summed E-state index contributed by atoms with van der Waals surface area (Å²) in [5.41, 5.74) is 6.81. The minimum atomic E-state index is -1.06. The second-order valence-corrected chi connectivity index (χ2v) is 4.16. The molecule has 96 valence electrons. The highest BCUT2D eigenvalue weighted by Gasteiger charge is 2.17. The molecule has 0 spiro atoms. The highest BCUT2D eigenvalue weighted by molar-refractivity contribution is 5.93. The van der Waals surface area contributed by atoms with E-state index in [2.05, 4.69) is 4.98 Å². The maximum atomic E-state index is 11.2. The van der Waals surface area contributed by atoms with Crippen LogP contribution in [0, 0.1) is 0 Å². The summed E-state index contributed by atoms with van der Waals surface area (Å²) in [7, 11) is 0. The molecule has 3 rings (SSSR count). The monoisotopic (exact) mass is 257 g/mol. The van der Waals surface area contributed by atoms with Crippen LogP contribution in [0.2, 0.25) is 0 Å². The van der Waals surface area contributed by atoms with Crippen molar-refractivity contribution in [3.63, 3.8) is 0 Å². The summed E-state index contributed by atoms with van der Waals surface area (Å²) in [6, 6.07) is 6.89. The van der Waals surface area contributed by atoms with Gasteiger partial charge in [0.25, 0.3) is 0 Å². The van der Waals surface area contributed by atoms with Crippen molar-refractivity contribution in [2.75, 3.05) is 5.73 Å². The van der Waals surface area contributed by atoms with Crippen molar-refractivity contribution in [1.82, 2.24) is 9.38 Å². The number of carbonyl (C=O) groups is 1. The molecule has 19 heavy (non-hydrogen) atoms. The molecule has 0 saturated heterocycles. The summed E-state index contributed by atoms with van der Waals surface area (Å²) in [4.78, 5) is 15.3. The van der Waals surface area contributed by atoms with Gasteiger partial charge in [0.05, 0.1) is 18.2 Å². The summed E-state index contributed by atoms with van der Waals surface area (Å²) in [6.45, 7) is 0. The van der Waals surface area contributed by atoms with E-state index in [0.29, 0.717) is 29.2 Å². The van der Waals surface area contributed by atoms with Crippen molar-refractivity contribution in [3.8, 4) is 0 Å². The van der Waals surface area contributed by atoms with Gasteiger partial charge >= 0.3 is 5.97 Å². The molecule has 0 aliphatic rings. The molecule has 3 aromatic rings. The zero-order chi connectivity index (χ0) is 13.4. The normalized spacial score (nSPS) is 10.9. The molecular weight excluding hydrogens is 246 g/mol. The molecule has 0 aliphatic carbocycles. The Morgan fingerprint density at radius 3 is 2.95 bits per heavy atom. The molecule has 0 saturated carbocycles. The lowest BCUT2D eigenvalue weighted by molar-refractivity contribution is 0.0693. The Morgan fingerprint density at radius 2 is 2.26 bits per heavy atom. The topological polar surface area (TPSA) is 93.8 Å². The molecule has 0 radical (unpaired) electrons. The van der Waals surface area contributed by atoms with Crippen molar-refractivity contribution in [2.45, 2.75) is 6.42 Å². The highest BCUT2D eigenvalue weighted by Crippen LogP contribution is 2.18. The van der Waals surface area contributed by atoms with E-state index in [1.165, 1.54) is 0 Å². The van der Waals surface area contributed by atoms with Crippen LogP contribution in [0.1, 0.15) is 22.1 Å². The van der Waals surface area contributed by atoms with Crippen LogP contribution < -0.4 is 5.73 Å². The van der Waals surface area contributed by atoms with Gasteiger partial charge in [0.2, 0.25) is 0 Å². The van der Waals surface area contributed by atoms with Gasteiger partial charge in [0.1, 0.15) is 11.6 Å². The summed E-state index contributed by atoms with van der Waals surface area (Å²) < 4.78 is 6.94. The maximum Gasteiger partial charge on any atom is 0.356 e. The second-order valence-electron chi connectivity index (χ2n) is 4.16. The Hall–Kier alpha value is -2.76. The van der Waals surface area contributed by atoms with Gasteiger partial charge in [-0.1, -0.05) is 0 Å². The molecule has 0 unspecified atom stereocenters. The van der Waals surface area contributed by atoms with E-state index >= 15 is 0 Å². The zero-order valence-electron chi connectivity index (χ0n) is 9.91. The van der Waals surface area contributed by atoms with Crippen molar-refractivity contribution in [3.05, 3.63) is 54.0 Å². The van der Waals surface area contributed by atoms with E-state index < -0.39 is 5.97 Å². The quantitative estimate of drug-likeness (QED) is 0.746. The highest BCUT2D eigenvalue weighted by atomic mass is 16.4. The van der Waals surface area contributed by atoms with Gasteiger partial charge in [-0.05, 0) is 24.3 Å². The molecule has 3 heterocycles. The van der Waals surface area contributed by atoms with Gasteiger partial charge in [0.15, 0.2) is 5.69 Å². The average molecular weight is 257 g/mol. The lowest BCUT2D eigenvalue weighted by atomic mass is 10.3. The number of aromatic carboxylic acids is 1. The largest absolute Gasteiger partial charge is 0.476 e. The number of carboxylic acids is 1. The molecule has 0 aliphatic heterocycles. The first-order valence-electron chi connectivity index (χ1n) is 5.67. The number of anilines is 1. The zero-order valence-corrected chi connectivity index (χ0v) is 9.91. The molecule has 3 aromatic heterocycles. The Morgan fingerprint density at radius 1 is 1.42 bits per heavy atom. The molecule has 0 atom stereocenters. The van der Waals surface area contributed by atoms with Crippen LogP contribution in [0.3, 0.4) is 0 Å². The lowest BCUT2D eigenvalue weighted by Gasteiger charge is -2.00. The number of rotatable bonds is 3. The fraction of sp³-hybridized carbons (Fsp3) is 0.0769. The Bertz CT molecular complexity index is 744. The number of hydrogen-bond acceptors (Lipinski definition) is 4. The average Bonchev–Trinajstić information content (AvgIpc) is 2.98. The fourth-order valence-electron chi connectivity index (χ4n) is 2.01. The molecule has 0 fully saturated rings. The van der Waals surface area contributed by atoms with E-state index in [0.717, 1.165) is 0 Å². The second kappa shape index (κ2) is 4.16. The maximum absolute atomic E-state index is 11.2. The van der Waals surface area contributed by atoms with E-state index in [9.17, 15) is 4.79 Å². The van der Waals surface area contributed by atoms with Crippen LogP contribution in [0.4, 0.5) is 5.69 Å². The van der Waals surface area contributed by atoms with Gasteiger partial charge in [-0.3, -0.25) is 0 Å². The number of hydrogen-bond donors (Lipinski definition) is 2. The molecular formula is C13H11N3O3. The van der Waals surface area contributed by atoms with E-state index in [1.54, 1.807) is 35.1 Å². The van der Waals surface area contributed by atoms with Crippen LogP contribution >= 0.6 is 0 Å². The first-order chi connectivity index (χ1) is 9.15. The number of aromatic nitrogens is 2. The molecule has 6 heteroatoms. The van der Waals surface area contributed by atoms with E-state index in [1.807, 2.05) is 6.07 Å². The van der Waals surface area contributed by atoms with Crippen molar-refractivity contribution >= 4 is 17.2 Å². The number of nitrogens with zero attached hydrogens (tertiary/aromatic N) is 2. The minimum Gasteiger partial charge on any atom is -0.476 e. The number of imidazole rings is 1. The number of pyridine rings is 1. The fourth-order valence-corrected chi connectivity index (χ4v) is 2.01. The summed E-state index contributed by atoms with van der Waals surface area (Å²) >= 11 is 0. The Kier molecular flexibility index (Phi) is 2.49. The van der Waals surface area contributed by atoms with Gasteiger partial charge in [0, 0.05) is 11.9 Å². The third kappa shape index (κ3) is 1.93. The van der Waals surface area contributed by atoms with E-state index in [-0.39, 0.29) is 5.69 Å². The third-order valence-electron chi connectivity index (χ3n) is 2.85. The molecule has 3 N–H and O–H groups in total. The number of carboxylic acid groups (broad SMARTS) is 1. The standard InChI is InChI=1S/C13H11N3O3/c14-8-3-4-10-12(13(17)18)15-11(16(10)7-8)6-9-2-1-5-19-9/h1-5,7H,6,14H2,(H,17,18). The number of nitrogens with two attached hydrogens (primary N) is 1. The van der Waals surface area contributed by atoms with Crippen molar-refractivity contribution in [1.29, 1.82) is 0 Å². The predicted octanol–water partition coefficient (Wildman–Crippen LogP) is 1.80. The number of furan rings is 1. The molecule has 0 bridgehead atoms. The Balaban J connectivity index is 2.17. The number of fused-ring (bicyclic) bond motifs is 1. The number of nitrogen functional groups attached to an aromatic ring is 1. The predicted molar refractivity (Wildman–Crippen MR) is 68.1 cm³/mol. The Labute approximate surface area is 108 Å². The first kappa shape index (κ1) is 11.3. The first-order valence-corrected chi connectivity index (χ1v) is 5.67. The van der Waals surface area contributed by atoms with Crippen molar-refractivity contribution in [2.24, 2.45) is 0 Å². The van der Waals surface area contributed by atoms with Gasteiger partial charge in [-0.25, -0.2) is 9.78 Å². The summed E-state index contributed by atoms with van der Waals surface area (Å²) in [5, 5.41) is 9.16. The van der Waals surface area contributed by atoms with Crippen LogP contribution in [0.5, 0.6) is 0 Å². The van der Waals surface area contributed by atoms with Gasteiger partial charge < -0.3 is 19.7 Å². The molecule has 0 amide bonds. The van der Waals surface area contributed by atoms with Gasteiger partial charge in [-0.15, -0.1) is 0 Å².